The third-order valence-electron chi connectivity index (χ3n) is 2.54. The molecule has 0 radical (unpaired) electrons. The van der Waals surface area contributed by atoms with Gasteiger partial charge in [-0.2, -0.15) is 17.4 Å². The maximum atomic E-state index is 11.8. The molecule has 1 fully saturated rings. The van der Waals surface area contributed by atoms with Gasteiger partial charge in [-0.1, -0.05) is 0 Å². The van der Waals surface area contributed by atoms with Crippen molar-refractivity contribution in [2.75, 3.05) is 33.4 Å². The first-order valence-corrected chi connectivity index (χ1v) is 6.73. The van der Waals surface area contributed by atoms with Gasteiger partial charge in [0.15, 0.2) is 0 Å². The molecule has 1 aliphatic heterocycles. The van der Waals surface area contributed by atoms with Gasteiger partial charge in [-0.25, -0.2) is 0 Å². The Hall–Kier alpha value is -0.500. The van der Waals surface area contributed by atoms with Crippen LogP contribution in [0.4, 0.5) is 0 Å². The van der Waals surface area contributed by atoms with E-state index in [1.54, 1.807) is 0 Å². The molecule has 1 unspecified atom stereocenters. The third kappa shape index (κ3) is 3.82. The van der Waals surface area contributed by atoms with Crippen LogP contribution in [-0.4, -0.2) is 52.4 Å². The zero-order chi connectivity index (χ0) is 12.0. The van der Waals surface area contributed by atoms with E-state index in [2.05, 4.69) is 4.72 Å². The van der Waals surface area contributed by atoms with Crippen molar-refractivity contribution < 1.29 is 17.9 Å². The van der Waals surface area contributed by atoms with Crippen LogP contribution >= 0.6 is 0 Å². The molecule has 1 aliphatic rings. The normalized spacial score (nSPS) is 23.2. The van der Waals surface area contributed by atoms with E-state index in [4.69, 9.17) is 4.74 Å². The van der Waals surface area contributed by atoms with Crippen molar-refractivity contribution in [3.63, 3.8) is 0 Å². The zero-order valence-electron chi connectivity index (χ0n) is 9.39. The standard InChI is InChI=1S/C9H18N2O4S/c1-15-6-4-10-16(13,14)11-5-2-3-9(7-11)8-12/h8-10H,2-7H2,1H3. The van der Waals surface area contributed by atoms with E-state index in [0.717, 1.165) is 19.1 Å². The molecule has 0 bridgehead atoms. The quantitative estimate of drug-likeness (QED) is 0.503. The van der Waals surface area contributed by atoms with E-state index in [-0.39, 0.29) is 19.0 Å². The minimum Gasteiger partial charge on any atom is -0.383 e. The number of hydrogen-bond acceptors (Lipinski definition) is 4. The van der Waals surface area contributed by atoms with Crippen LogP contribution in [0, 0.1) is 5.92 Å². The second-order valence-corrected chi connectivity index (χ2v) is 5.54. The molecule has 1 rings (SSSR count). The van der Waals surface area contributed by atoms with Crippen molar-refractivity contribution in [1.29, 1.82) is 0 Å². The number of piperidine rings is 1. The van der Waals surface area contributed by atoms with Crippen LogP contribution in [-0.2, 0) is 19.7 Å². The minimum absolute atomic E-state index is 0.173. The third-order valence-corrected chi connectivity index (χ3v) is 4.12. The van der Waals surface area contributed by atoms with E-state index >= 15 is 0 Å². The molecular weight excluding hydrogens is 232 g/mol. The molecule has 94 valence electrons. The number of aldehydes is 1. The zero-order valence-corrected chi connectivity index (χ0v) is 10.2. The van der Waals surface area contributed by atoms with Crippen molar-refractivity contribution in [3.05, 3.63) is 0 Å². The van der Waals surface area contributed by atoms with Crippen molar-refractivity contribution in [3.8, 4) is 0 Å². The van der Waals surface area contributed by atoms with E-state index in [1.165, 1.54) is 11.4 Å². The molecule has 1 heterocycles. The first-order valence-electron chi connectivity index (χ1n) is 5.29. The molecule has 0 spiro atoms. The van der Waals surface area contributed by atoms with Crippen LogP contribution in [0.3, 0.4) is 0 Å². The first-order chi connectivity index (χ1) is 7.60. The number of methoxy groups -OCH3 is 1. The average Bonchev–Trinajstić information content (AvgIpc) is 2.29. The topological polar surface area (TPSA) is 75.7 Å². The summed E-state index contributed by atoms with van der Waals surface area (Å²) in [7, 11) is -1.94. The summed E-state index contributed by atoms with van der Waals surface area (Å²) in [4.78, 5) is 10.6. The van der Waals surface area contributed by atoms with Crippen molar-refractivity contribution in [1.82, 2.24) is 9.03 Å². The maximum Gasteiger partial charge on any atom is 0.279 e. The highest BCUT2D eigenvalue weighted by Crippen LogP contribution is 2.16. The summed E-state index contributed by atoms with van der Waals surface area (Å²) in [5, 5.41) is 0. The molecule has 6 nitrogen and oxygen atoms in total. The molecule has 0 amide bonds. The van der Waals surface area contributed by atoms with Gasteiger partial charge in [-0.05, 0) is 12.8 Å². The lowest BCUT2D eigenvalue weighted by Gasteiger charge is -2.29. The van der Waals surface area contributed by atoms with Gasteiger partial charge >= 0.3 is 0 Å². The van der Waals surface area contributed by atoms with E-state index in [9.17, 15) is 13.2 Å². The second-order valence-electron chi connectivity index (χ2n) is 3.79. The fourth-order valence-electron chi connectivity index (χ4n) is 1.67. The Morgan fingerprint density at radius 1 is 1.56 bits per heavy atom. The van der Waals surface area contributed by atoms with Crippen LogP contribution in [0.5, 0.6) is 0 Å². The van der Waals surface area contributed by atoms with Gasteiger partial charge in [0.2, 0.25) is 0 Å². The van der Waals surface area contributed by atoms with Gasteiger partial charge in [-0.15, -0.1) is 0 Å². The smallest absolute Gasteiger partial charge is 0.279 e. The summed E-state index contributed by atoms with van der Waals surface area (Å²) in [5.74, 6) is -0.173. The monoisotopic (exact) mass is 250 g/mol. The summed E-state index contributed by atoms with van der Waals surface area (Å²) in [6.45, 7) is 1.35. The van der Waals surface area contributed by atoms with Crippen LogP contribution < -0.4 is 4.72 Å². The average molecular weight is 250 g/mol. The number of nitrogens with one attached hydrogen (secondary N) is 1. The number of carbonyl (C=O) groups excluding carboxylic acids is 1. The maximum absolute atomic E-state index is 11.8. The van der Waals surface area contributed by atoms with Crippen LogP contribution in [0.25, 0.3) is 0 Å². The molecule has 1 saturated heterocycles. The Balaban J connectivity index is 2.50. The molecule has 0 aliphatic carbocycles. The van der Waals surface area contributed by atoms with Crippen LogP contribution in [0.1, 0.15) is 12.8 Å². The highest BCUT2D eigenvalue weighted by atomic mass is 32.2. The van der Waals surface area contributed by atoms with Crippen molar-refractivity contribution in [2.45, 2.75) is 12.8 Å². The molecule has 0 saturated carbocycles. The number of carbonyl (C=O) groups is 1. The number of rotatable bonds is 6. The van der Waals surface area contributed by atoms with Gasteiger partial charge in [0.25, 0.3) is 10.2 Å². The lowest BCUT2D eigenvalue weighted by Crippen LogP contribution is -2.46. The molecule has 0 aromatic carbocycles. The molecule has 1 N–H and O–H groups in total. The summed E-state index contributed by atoms with van der Waals surface area (Å²) >= 11 is 0. The SMILES string of the molecule is COCCNS(=O)(=O)N1CCCC(C=O)C1. The van der Waals surface area contributed by atoms with Gasteiger partial charge in [0.1, 0.15) is 6.29 Å². The molecule has 7 heteroatoms. The second kappa shape index (κ2) is 6.29. The highest BCUT2D eigenvalue weighted by Gasteiger charge is 2.28. The fourth-order valence-corrected chi connectivity index (χ4v) is 2.95. The van der Waals surface area contributed by atoms with Crippen LogP contribution in [0.15, 0.2) is 0 Å². The summed E-state index contributed by atoms with van der Waals surface area (Å²) in [5.41, 5.74) is 0. The lowest BCUT2D eigenvalue weighted by molar-refractivity contribution is -0.112. The van der Waals surface area contributed by atoms with Gasteiger partial charge < -0.3 is 9.53 Å². The fraction of sp³-hybridized carbons (Fsp3) is 0.889. The summed E-state index contributed by atoms with van der Waals surface area (Å²) < 4.78 is 32.1. The highest BCUT2D eigenvalue weighted by molar-refractivity contribution is 7.87. The van der Waals surface area contributed by atoms with E-state index in [1.807, 2.05) is 0 Å². The summed E-state index contributed by atoms with van der Waals surface area (Å²) in [6, 6.07) is 0. The largest absolute Gasteiger partial charge is 0.383 e. The lowest BCUT2D eigenvalue weighted by atomic mass is 10.0. The number of nitrogens with zero attached hydrogens (tertiary/aromatic N) is 1. The Labute approximate surface area is 96.1 Å². The number of ether oxygens (including phenoxy) is 1. The predicted molar refractivity (Wildman–Crippen MR) is 59.2 cm³/mol. The molecule has 1 atom stereocenters. The predicted octanol–water partition coefficient (Wildman–Crippen LogP) is -0.622. The van der Waals surface area contributed by atoms with Gasteiger partial charge in [-0.3, -0.25) is 0 Å². The van der Waals surface area contributed by atoms with Crippen molar-refractivity contribution in [2.24, 2.45) is 5.92 Å². The Morgan fingerprint density at radius 2 is 2.31 bits per heavy atom. The number of hydrogen-bond donors (Lipinski definition) is 1. The Bertz CT molecular complexity index is 317. The van der Waals surface area contributed by atoms with Gasteiger partial charge in [0.05, 0.1) is 6.61 Å². The first kappa shape index (κ1) is 13.6. The molecule has 16 heavy (non-hydrogen) atoms. The van der Waals surface area contributed by atoms with Crippen LogP contribution in [0.2, 0.25) is 0 Å². The molecule has 0 aromatic rings. The molecular formula is C9H18N2O4S. The Morgan fingerprint density at radius 3 is 2.94 bits per heavy atom. The van der Waals surface area contributed by atoms with Gasteiger partial charge in [0, 0.05) is 32.7 Å². The van der Waals surface area contributed by atoms with Crippen molar-refractivity contribution >= 4 is 16.5 Å². The molecule has 0 aromatic heterocycles. The minimum atomic E-state index is -3.45. The Kier molecular flexibility index (Phi) is 5.33. The summed E-state index contributed by atoms with van der Waals surface area (Å²) in [6.07, 6.45) is 2.33. The van der Waals surface area contributed by atoms with E-state index < -0.39 is 10.2 Å². The van der Waals surface area contributed by atoms with E-state index in [0.29, 0.717) is 13.2 Å².